The first-order valence-electron chi connectivity index (χ1n) is 3.38. The van der Waals surface area contributed by atoms with Crippen LogP contribution in [-0.4, -0.2) is 31.1 Å². The molecule has 1 aliphatic heterocycles. The van der Waals surface area contributed by atoms with E-state index in [9.17, 15) is 14.4 Å². The summed E-state index contributed by atoms with van der Waals surface area (Å²) in [5.41, 5.74) is 0.161. The minimum Gasteiger partial charge on any atom is -0.389 e. The fraction of sp³-hybridized carbons (Fsp3) is 0.143. The monoisotopic (exact) mass is 182 g/mol. The van der Waals surface area contributed by atoms with Crippen molar-refractivity contribution >= 4 is 24.6 Å². The van der Waals surface area contributed by atoms with Gasteiger partial charge in [-0.2, -0.15) is 0 Å². The van der Waals surface area contributed by atoms with Crippen molar-refractivity contribution in [1.82, 2.24) is 5.32 Å². The van der Waals surface area contributed by atoms with Crippen molar-refractivity contribution in [3.8, 4) is 0 Å². The van der Waals surface area contributed by atoms with Gasteiger partial charge in [0.1, 0.15) is 0 Å². The summed E-state index contributed by atoms with van der Waals surface area (Å²) in [7, 11) is 0. The van der Waals surface area contributed by atoms with E-state index in [2.05, 4.69) is 15.0 Å². The highest BCUT2D eigenvalue weighted by Crippen LogP contribution is 2.00. The third-order valence-electron chi connectivity index (χ3n) is 1.32. The van der Waals surface area contributed by atoms with Gasteiger partial charge < -0.3 is 10.1 Å². The van der Waals surface area contributed by atoms with E-state index < -0.39 is 11.8 Å². The van der Waals surface area contributed by atoms with Crippen LogP contribution in [0.5, 0.6) is 0 Å². The smallest absolute Gasteiger partial charge is 0.386 e. The third kappa shape index (κ3) is 2.22. The Labute approximate surface area is 73.3 Å². The minimum atomic E-state index is -1.19. The van der Waals surface area contributed by atoms with Crippen LogP contribution >= 0.6 is 0 Å². The summed E-state index contributed by atoms with van der Waals surface area (Å²) >= 11 is 0. The number of hydrogen-bond donors (Lipinski definition) is 1. The summed E-state index contributed by atoms with van der Waals surface area (Å²) in [6, 6.07) is 0. The van der Waals surface area contributed by atoms with E-state index in [-0.39, 0.29) is 18.6 Å². The number of nitrogens with zero attached hydrogens (tertiary/aromatic N) is 1. The van der Waals surface area contributed by atoms with Crippen molar-refractivity contribution in [3.63, 3.8) is 0 Å². The van der Waals surface area contributed by atoms with Crippen LogP contribution in [0.2, 0.25) is 0 Å². The van der Waals surface area contributed by atoms with Gasteiger partial charge in [0.15, 0.2) is 0 Å². The molecule has 0 unspecified atom stereocenters. The molecule has 1 heterocycles. The van der Waals surface area contributed by atoms with Crippen LogP contribution in [-0.2, 0) is 19.1 Å². The lowest BCUT2D eigenvalue weighted by Gasteiger charge is -2.05. The number of Topliss-reactive ketones (excluding diaryl/α,β-unsaturated/α-hetero) is 1. The van der Waals surface area contributed by atoms with E-state index in [1.807, 2.05) is 0 Å². The van der Waals surface area contributed by atoms with Gasteiger partial charge in [0, 0.05) is 11.8 Å². The molecule has 1 aliphatic rings. The minimum absolute atomic E-state index is 0.0830. The average molecular weight is 182 g/mol. The Bertz CT molecular complexity index is 306. The van der Waals surface area contributed by atoms with E-state index >= 15 is 0 Å². The third-order valence-corrected chi connectivity index (χ3v) is 1.32. The van der Waals surface area contributed by atoms with E-state index in [0.29, 0.717) is 0 Å². The van der Waals surface area contributed by atoms with Gasteiger partial charge in [-0.3, -0.25) is 14.6 Å². The van der Waals surface area contributed by atoms with Gasteiger partial charge >= 0.3 is 12.4 Å². The van der Waals surface area contributed by atoms with Crippen LogP contribution < -0.4 is 5.32 Å². The topological polar surface area (TPSA) is 84.8 Å². The Balaban J connectivity index is 2.61. The zero-order valence-corrected chi connectivity index (χ0v) is 6.52. The molecule has 0 aromatic heterocycles. The summed E-state index contributed by atoms with van der Waals surface area (Å²) in [6.45, 7) is 0.0279. The van der Waals surface area contributed by atoms with E-state index in [1.54, 1.807) is 0 Å². The van der Waals surface area contributed by atoms with Crippen LogP contribution in [0.25, 0.3) is 0 Å². The van der Waals surface area contributed by atoms with Crippen molar-refractivity contribution in [3.05, 3.63) is 11.8 Å². The SMILES string of the molecule is O=COC(=O)C(=O)C1=CNC=NC1. The molecule has 0 bridgehead atoms. The number of carbonyl (C=O) groups is 3. The fourth-order valence-corrected chi connectivity index (χ4v) is 0.746. The first kappa shape index (κ1) is 9.11. The number of ketones is 1. The number of rotatable bonds is 3. The Morgan fingerprint density at radius 1 is 1.62 bits per heavy atom. The maximum absolute atomic E-state index is 11.1. The largest absolute Gasteiger partial charge is 0.389 e. The van der Waals surface area contributed by atoms with Crippen LogP contribution in [0.15, 0.2) is 16.8 Å². The van der Waals surface area contributed by atoms with Gasteiger partial charge in [0.25, 0.3) is 5.78 Å². The molecular formula is C7H6N2O4. The standard InChI is InChI=1S/C7H6N2O4/c10-4-13-7(12)6(11)5-1-8-3-9-2-5/h1,3-4H,2H2,(H,8,9). The second-order valence-electron chi connectivity index (χ2n) is 2.14. The lowest BCUT2D eigenvalue weighted by atomic mass is 10.2. The van der Waals surface area contributed by atoms with Gasteiger partial charge in [0.2, 0.25) is 0 Å². The second-order valence-corrected chi connectivity index (χ2v) is 2.14. The van der Waals surface area contributed by atoms with Crippen LogP contribution in [0.4, 0.5) is 0 Å². The molecule has 1 rings (SSSR count). The summed E-state index contributed by atoms with van der Waals surface area (Å²) in [5.74, 6) is -2.06. The van der Waals surface area contributed by atoms with Crippen LogP contribution in [0, 0.1) is 0 Å². The molecule has 0 fully saturated rings. The van der Waals surface area contributed by atoms with Crippen molar-refractivity contribution < 1.29 is 19.1 Å². The highest BCUT2D eigenvalue weighted by Gasteiger charge is 2.20. The van der Waals surface area contributed by atoms with Gasteiger partial charge in [-0.05, 0) is 0 Å². The fourth-order valence-electron chi connectivity index (χ4n) is 0.746. The van der Waals surface area contributed by atoms with E-state index in [0.717, 1.165) is 0 Å². The Morgan fingerprint density at radius 2 is 2.38 bits per heavy atom. The van der Waals surface area contributed by atoms with Crippen molar-refractivity contribution in [1.29, 1.82) is 0 Å². The molecule has 0 radical (unpaired) electrons. The zero-order valence-electron chi connectivity index (χ0n) is 6.52. The van der Waals surface area contributed by atoms with Crippen LogP contribution in [0.3, 0.4) is 0 Å². The van der Waals surface area contributed by atoms with Gasteiger partial charge in [0.05, 0.1) is 12.9 Å². The Kier molecular flexibility index (Phi) is 2.91. The normalized spacial score (nSPS) is 14.0. The van der Waals surface area contributed by atoms with Crippen molar-refractivity contribution in [2.75, 3.05) is 6.54 Å². The predicted molar refractivity (Wildman–Crippen MR) is 41.7 cm³/mol. The molecule has 0 spiro atoms. The number of aliphatic imine (C=N–C) groups is 1. The average Bonchev–Trinajstić information content (AvgIpc) is 2.18. The predicted octanol–water partition coefficient (Wildman–Crippen LogP) is -1.23. The molecule has 1 N–H and O–H groups in total. The number of nitrogens with one attached hydrogen (secondary N) is 1. The quantitative estimate of drug-likeness (QED) is 0.255. The molecule has 0 aromatic carbocycles. The number of ether oxygens (including phenoxy) is 1. The molecule has 0 amide bonds. The molecule has 13 heavy (non-hydrogen) atoms. The summed E-state index contributed by atoms with van der Waals surface area (Å²) < 4.78 is 3.87. The number of carbonyl (C=O) groups excluding carboxylic acids is 3. The zero-order chi connectivity index (χ0) is 9.68. The molecule has 6 heteroatoms. The van der Waals surface area contributed by atoms with E-state index in [4.69, 9.17) is 0 Å². The highest BCUT2D eigenvalue weighted by molar-refractivity contribution is 6.41. The first-order valence-corrected chi connectivity index (χ1v) is 3.38. The number of hydrogen-bond acceptors (Lipinski definition) is 6. The maximum atomic E-state index is 11.1. The molecule has 0 aromatic rings. The molecule has 0 atom stereocenters. The van der Waals surface area contributed by atoms with Gasteiger partial charge in [-0.25, -0.2) is 4.79 Å². The molecule has 0 saturated carbocycles. The molecular weight excluding hydrogens is 176 g/mol. The number of esters is 1. The van der Waals surface area contributed by atoms with Crippen LogP contribution in [0.1, 0.15) is 0 Å². The highest BCUT2D eigenvalue weighted by atomic mass is 16.6. The lowest BCUT2D eigenvalue weighted by Crippen LogP contribution is -2.24. The lowest BCUT2D eigenvalue weighted by molar-refractivity contribution is -0.156. The van der Waals surface area contributed by atoms with Crippen molar-refractivity contribution in [2.45, 2.75) is 0 Å². The maximum Gasteiger partial charge on any atom is 0.386 e. The Morgan fingerprint density at radius 3 is 2.92 bits per heavy atom. The first-order chi connectivity index (χ1) is 6.25. The van der Waals surface area contributed by atoms with Gasteiger partial charge in [-0.1, -0.05) is 0 Å². The second kappa shape index (κ2) is 4.15. The van der Waals surface area contributed by atoms with Gasteiger partial charge in [-0.15, -0.1) is 0 Å². The summed E-state index contributed by atoms with van der Waals surface area (Å²) in [5, 5.41) is 2.54. The molecule has 0 saturated heterocycles. The Hall–Kier alpha value is -1.98. The van der Waals surface area contributed by atoms with E-state index in [1.165, 1.54) is 12.5 Å². The molecule has 68 valence electrons. The molecule has 0 aliphatic carbocycles. The van der Waals surface area contributed by atoms with Crippen molar-refractivity contribution in [2.24, 2.45) is 4.99 Å². The summed E-state index contributed by atoms with van der Waals surface area (Å²) in [4.78, 5) is 35.2. The molecule has 6 nitrogen and oxygen atoms in total. The summed E-state index contributed by atoms with van der Waals surface area (Å²) in [6.07, 6.45) is 2.73.